The van der Waals surface area contributed by atoms with Crippen LogP contribution in [0.25, 0.3) is 0 Å². The van der Waals surface area contributed by atoms with Gasteiger partial charge < -0.3 is 10.2 Å². The van der Waals surface area contributed by atoms with E-state index >= 15 is 0 Å². The first-order valence-electron chi connectivity index (χ1n) is 15.3. The zero-order valence-corrected chi connectivity index (χ0v) is 28.5. The van der Waals surface area contributed by atoms with Crippen molar-refractivity contribution < 1.29 is 18.0 Å². The number of nitrogens with zero attached hydrogens (tertiary/aromatic N) is 2. The summed E-state index contributed by atoms with van der Waals surface area (Å²) in [4.78, 5) is 30.0. The summed E-state index contributed by atoms with van der Waals surface area (Å²) < 4.78 is 29.3. The van der Waals surface area contributed by atoms with Gasteiger partial charge in [-0.3, -0.25) is 13.9 Å². The highest BCUT2D eigenvalue weighted by atomic mass is 35.5. The molecule has 4 aromatic carbocycles. The summed E-state index contributed by atoms with van der Waals surface area (Å²) >= 11 is 12.8. The number of hydrogen-bond donors (Lipinski definition) is 1. The lowest BCUT2D eigenvalue weighted by molar-refractivity contribution is -0.140. The molecule has 0 aliphatic heterocycles. The maximum atomic E-state index is 14.6. The molecule has 10 heteroatoms. The third-order valence-electron chi connectivity index (χ3n) is 7.87. The molecule has 0 spiro atoms. The van der Waals surface area contributed by atoms with Gasteiger partial charge in [0.1, 0.15) is 12.6 Å². The van der Waals surface area contributed by atoms with Crippen LogP contribution in [0.4, 0.5) is 5.69 Å². The number of carbonyl (C=O) groups is 2. The third-order valence-corrected chi connectivity index (χ3v) is 10.2. The van der Waals surface area contributed by atoms with Crippen molar-refractivity contribution in [2.24, 2.45) is 0 Å². The average molecular weight is 681 g/mol. The van der Waals surface area contributed by atoms with Crippen molar-refractivity contribution in [1.29, 1.82) is 0 Å². The largest absolute Gasteiger partial charge is 0.352 e. The molecule has 0 bridgehead atoms. The van der Waals surface area contributed by atoms with Crippen molar-refractivity contribution in [3.05, 3.63) is 130 Å². The van der Waals surface area contributed by atoms with Gasteiger partial charge in [0.25, 0.3) is 10.0 Å². The zero-order chi connectivity index (χ0) is 33.3. The minimum absolute atomic E-state index is 0.0463. The van der Waals surface area contributed by atoms with Gasteiger partial charge in [-0.25, -0.2) is 8.42 Å². The summed E-state index contributed by atoms with van der Waals surface area (Å²) in [6, 6.07) is 28.3. The molecule has 4 rings (SSSR count). The van der Waals surface area contributed by atoms with Crippen molar-refractivity contribution in [2.45, 2.75) is 63.6 Å². The van der Waals surface area contributed by atoms with Crippen LogP contribution in [0.5, 0.6) is 0 Å². The minimum atomic E-state index is -4.17. The van der Waals surface area contributed by atoms with Crippen molar-refractivity contribution in [3.8, 4) is 0 Å². The van der Waals surface area contributed by atoms with E-state index in [4.69, 9.17) is 23.2 Å². The Morgan fingerprint density at radius 1 is 0.826 bits per heavy atom. The molecule has 0 aliphatic carbocycles. The molecular formula is C36H39Cl2N3O4S. The van der Waals surface area contributed by atoms with Crippen LogP contribution in [0.1, 0.15) is 43.9 Å². The van der Waals surface area contributed by atoms with Crippen LogP contribution >= 0.6 is 23.2 Å². The van der Waals surface area contributed by atoms with E-state index in [1.807, 2.05) is 63.2 Å². The van der Waals surface area contributed by atoms with E-state index in [9.17, 15) is 18.0 Å². The van der Waals surface area contributed by atoms with Crippen LogP contribution in [0.3, 0.4) is 0 Å². The molecule has 0 aromatic heterocycles. The van der Waals surface area contributed by atoms with Crippen LogP contribution in [0, 0.1) is 0 Å². The summed E-state index contributed by atoms with van der Waals surface area (Å²) in [6.45, 7) is 5.27. The summed E-state index contributed by atoms with van der Waals surface area (Å²) in [6.07, 6.45) is 1.67. The quantitative estimate of drug-likeness (QED) is 0.151. The van der Waals surface area contributed by atoms with Crippen molar-refractivity contribution in [2.75, 3.05) is 10.8 Å². The van der Waals surface area contributed by atoms with Gasteiger partial charge in [0, 0.05) is 29.1 Å². The van der Waals surface area contributed by atoms with E-state index in [0.717, 1.165) is 21.9 Å². The number of halogens is 2. The maximum absolute atomic E-state index is 14.6. The topological polar surface area (TPSA) is 86.8 Å². The van der Waals surface area contributed by atoms with E-state index in [-0.39, 0.29) is 29.8 Å². The van der Waals surface area contributed by atoms with E-state index in [2.05, 4.69) is 5.32 Å². The Hall–Kier alpha value is -3.85. The average Bonchev–Trinajstić information content (AvgIpc) is 3.06. The Kier molecular flexibility index (Phi) is 12.3. The molecule has 0 fully saturated rings. The smallest absolute Gasteiger partial charge is 0.264 e. The second kappa shape index (κ2) is 16.1. The van der Waals surface area contributed by atoms with E-state index in [0.29, 0.717) is 27.7 Å². The van der Waals surface area contributed by atoms with E-state index in [1.54, 1.807) is 48.5 Å². The molecular weight excluding hydrogens is 641 g/mol. The molecule has 0 saturated carbocycles. The number of carbonyl (C=O) groups excluding carboxylic acids is 2. The molecule has 242 valence electrons. The van der Waals surface area contributed by atoms with Crippen LogP contribution in [0.15, 0.2) is 108 Å². The Balaban J connectivity index is 1.82. The molecule has 46 heavy (non-hydrogen) atoms. The fraction of sp³-hybridized carbons (Fsp3) is 0.278. The molecule has 1 N–H and O–H groups in total. The summed E-state index contributed by atoms with van der Waals surface area (Å²) in [5.74, 6) is -0.910. The Morgan fingerprint density at radius 3 is 2.04 bits per heavy atom. The second-order valence-corrected chi connectivity index (χ2v) is 13.8. The van der Waals surface area contributed by atoms with Gasteiger partial charge in [0.2, 0.25) is 11.8 Å². The Bertz CT molecular complexity index is 1720. The molecule has 0 saturated heterocycles. The lowest BCUT2D eigenvalue weighted by atomic mass is 10.0. The van der Waals surface area contributed by atoms with Gasteiger partial charge in [-0.2, -0.15) is 0 Å². The third kappa shape index (κ3) is 8.90. The van der Waals surface area contributed by atoms with Crippen molar-refractivity contribution in [3.63, 3.8) is 0 Å². The molecule has 0 unspecified atom stereocenters. The first-order valence-corrected chi connectivity index (χ1v) is 17.5. The van der Waals surface area contributed by atoms with Crippen molar-refractivity contribution in [1.82, 2.24) is 10.2 Å². The lowest BCUT2D eigenvalue weighted by Crippen LogP contribution is -2.54. The first-order chi connectivity index (χ1) is 22.0. The number of aryl methyl sites for hydroxylation is 1. The predicted octanol–water partition coefficient (Wildman–Crippen LogP) is 7.31. The molecule has 4 aromatic rings. The van der Waals surface area contributed by atoms with E-state index < -0.39 is 28.5 Å². The fourth-order valence-electron chi connectivity index (χ4n) is 4.97. The molecule has 2 atom stereocenters. The second-order valence-electron chi connectivity index (χ2n) is 11.1. The molecule has 7 nitrogen and oxygen atoms in total. The Morgan fingerprint density at radius 2 is 1.46 bits per heavy atom. The highest BCUT2D eigenvalue weighted by Crippen LogP contribution is 2.27. The standard InChI is InChI=1S/C36H39Cl2N3O4S/c1-4-26(3)39-36(43)34(22-28-12-8-6-9-13-28)40(24-29-18-19-30(37)23-33(29)38)35(42)25-41(31-20-16-27(5-2)17-21-31)46(44,45)32-14-10-7-11-15-32/h6-21,23,26,34H,4-5,22,24-25H2,1-3H3,(H,39,43)/t26-,34+/m1/s1. The number of nitrogens with one attached hydrogen (secondary N) is 1. The highest BCUT2D eigenvalue weighted by molar-refractivity contribution is 7.92. The summed E-state index contributed by atoms with van der Waals surface area (Å²) in [5.41, 5.74) is 2.77. The summed E-state index contributed by atoms with van der Waals surface area (Å²) in [5, 5.41) is 3.79. The van der Waals surface area contributed by atoms with E-state index in [1.165, 1.54) is 17.0 Å². The molecule has 2 amide bonds. The lowest BCUT2D eigenvalue weighted by Gasteiger charge is -2.34. The van der Waals surface area contributed by atoms with Gasteiger partial charge in [0.05, 0.1) is 10.6 Å². The predicted molar refractivity (Wildman–Crippen MR) is 186 cm³/mol. The monoisotopic (exact) mass is 679 g/mol. The van der Waals surface area contributed by atoms with Crippen LogP contribution in [-0.4, -0.2) is 43.8 Å². The molecule has 0 heterocycles. The normalized spacial score (nSPS) is 12.6. The van der Waals surface area contributed by atoms with Crippen LogP contribution in [0.2, 0.25) is 10.0 Å². The van der Waals surface area contributed by atoms with Crippen molar-refractivity contribution >= 4 is 50.7 Å². The minimum Gasteiger partial charge on any atom is -0.352 e. The van der Waals surface area contributed by atoms with Gasteiger partial charge in [-0.15, -0.1) is 0 Å². The molecule has 0 radical (unpaired) electrons. The number of anilines is 1. The number of sulfonamides is 1. The zero-order valence-electron chi connectivity index (χ0n) is 26.2. The highest BCUT2D eigenvalue weighted by Gasteiger charge is 2.35. The van der Waals surface area contributed by atoms with Crippen LogP contribution < -0.4 is 9.62 Å². The fourth-order valence-corrected chi connectivity index (χ4v) is 6.88. The number of amides is 2. The number of benzene rings is 4. The SMILES string of the molecule is CCc1ccc(N(CC(=O)N(Cc2ccc(Cl)cc2Cl)[C@@H](Cc2ccccc2)C(=O)N[C@H](C)CC)S(=O)(=O)c2ccccc2)cc1. The van der Waals surface area contributed by atoms with Gasteiger partial charge in [-0.1, -0.05) is 104 Å². The van der Waals surface area contributed by atoms with Gasteiger partial charge >= 0.3 is 0 Å². The Labute approximate surface area is 282 Å². The van der Waals surface area contributed by atoms with Crippen LogP contribution in [-0.2, 0) is 39.0 Å². The first kappa shape index (κ1) is 35.0. The van der Waals surface area contributed by atoms with Gasteiger partial charge in [0.15, 0.2) is 0 Å². The number of hydrogen-bond acceptors (Lipinski definition) is 4. The number of rotatable bonds is 14. The van der Waals surface area contributed by atoms with Gasteiger partial charge in [-0.05, 0) is 72.9 Å². The molecule has 0 aliphatic rings. The maximum Gasteiger partial charge on any atom is 0.264 e. The summed E-state index contributed by atoms with van der Waals surface area (Å²) in [7, 11) is -4.17.